The van der Waals surface area contributed by atoms with Crippen LogP contribution in [0.15, 0.2) is 48.2 Å². The molecule has 3 rings (SSSR count). The molecule has 0 aromatic heterocycles. The summed E-state index contributed by atoms with van der Waals surface area (Å²) in [7, 11) is 0. The third-order valence-corrected chi connectivity index (χ3v) is 4.58. The van der Waals surface area contributed by atoms with Gasteiger partial charge < -0.3 is 15.2 Å². The summed E-state index contributed by atoms with van der Waals surface area (Å²) >= 11 is 0. The van der Waals surface area contributed by atoms with Crippen LogP contribution in [0.2, 0.25) is 0 Å². The Morgan fingerprint density at radius 1 is 1.07 bits per heavy atom. The molecule has 0 unspecified atom stereocenters. The second kappa shape index (κ2) is 7.48. The third kappa shape index (κ3) is 4.01. The van der Waals surface area contributed by atoms with E-state index in [9.17, 15) is 13.6 Å². The number of carbonyl (C=O) groups is 1. The van der Waals surface area contributed by atoms with Crippen molar-refractivity contribution >= 4 is 5.97 Å². The van der Waals surface area contributed by atoms with Crippen LogP contribution in [-0.2, 0) is 9.53 Å². The van der Waals surface area contributed by atoms with Gasteiger partial charge in [0.25, 0.3) is 0 Å². The molecule has 4 nitrogen and oxygen atoms in total. The van der Waals surface area contributed by atoms with Crippen molar-refractivity contribution in [3.05, 3.63) is 76.6 Å². The quantitative estimate of drug-likeness (QED) is 0.769. The summed E-state index contributed by atoms with van der Waals surface area (Å²) in [6.07, 6.45) is 0.791. The topological polar surface area (TPSA) is 61.6 Å². The van der Waals surface area contributed by atoms with Crippen molar-refractivity contribution in [1.29, 1.82) is 0 Å². The van der Waals surface area contributed by atoms with E-state index in [-0.39, 0.29) is 5.82 Å². The van der Waals surface area contributed by atoms with Crippen LogP contribution < -0.4 is 10.5 Å². The summed E-state index contributed by atoms with van der Waals surface area (Å²) < 4.78 is 39.0. The van der Waals surface area contributed by atoms with Crippen LogP contribution in [0.1, 0.15) is 36.5 Å². The lowest BCUT2D eigenvalue weighted by Crippen LogP contribution is -2.36. The minimum atomic E-state index is -1.00. The number of aryl methyl sites for hydroxylation is 1. The van der Waals surface area contributed by atoms with Crippen LogP contribution in [0.25, 0.3) is 0 Å². The maximum Gasteiger partial charge on any atom is 0.327 e. The number of carbonyl (C=O) groups excluding carboxylic acids is 1. The lowest BCUT2D eigenvalue weighted by Gasteiger charge is -2.29. The highest BCUT2D eigenvalue weighted by atomic mass is 19.1. The van der Waals surface area contributed by atoms with Crippen LogP contribution in [0.4, 0.5) is 8.78 Å². The van der Waals surface area contributed by atoms with Crippen molar-refractivity contribution in [2.75, 3.05) is 0 Å². The largest absolute Gasteiger partial charge is 0.462 e. The highest BCUT2D eigenvalue weighted by molar-refractivity contribution is 5.78. The molecule has 0 spiro atoms. The summed E-state index contributed by atoms with van der Waals surface area (Å²) in [6.45, 7) is 5.00. The SMILES string of the molecule is C/C1=C\[C@H](N)C(=O)O[C@@H](C)[C@H](c2ccc(F)c(C)c2)c2ccc(F)cc2O1. The number of ether oxygens (including phenoxy) is 2. The predicted octanol–water partition coefficient (Wildman–Crippen LogP) is 3.96. The first kappa shape index (κ1) is 19.0. The standard InChI is InChI=1S/C21H21F2NO3/c1-11-8-14(4-7-17(11)23)20-13(3)27-21(25)18(24)9-12(2)26-19-10-15(22)5-6-16(19)20/h4-10,13,18,20H,24H2,1-3H3/b12-9+/t13-,18-,20+/m0/s1. The number of rotatable bonds is 1. The van der Waals surface area contributed by atoms with Crippen LogP contribution in [0.5, 0.6) is 5.75 Å². The molecule has 3 atom stereocenters. The first-order valence-corrected chi connectivity index (χ1v) is 8.64. The fraction of sp³-hybridized carbons (Fsp3) is 0.286. The van der Waals surface area contributed by atoms with Crippen LogP contribution in [0, 0.1) is 18.6 Å². The van der Waals surface area contributed by atoms with Gasteiger partial charge in [-0.3, -0.25) is 4.79 Å². The van der Waals surface area contributed by atoms with E-state index in [2.05, 4.69) is 0 Å². The van der Waals surface area contributed by atoms with Crippen molar-refractivity contribution < 1.29 is 23.0 Å². The maximum atomic E-state index is 13.9. The summed E-state index contributed by atoms with van der Waals surface area (Å²) in [5.41, 5.74) is 7.66. The Hall–Kier alpha value is -2.73. The second-order valence-electron chi connectivity index (χ2n) is 6.72. The van der Waals surface area contributed by atoms with E-state index in [0.717, 1.165) is 5.56 Å². The van der Waals surface area contributed by atoms with Crippen LogP contribution >= 0.6 is 0 Å². The zero-order chi connectivity index (χ0) is 19.7. The summed E-state index contributed by atoms with van der Waals surface area (Å²) in [5, 5.41) is 0. The summed E-state index contributed by atoms with van der Waals surface area (Å²) in [5.74, 6) is -1.22. The second-order valence-corrected chi connectivity index (χ2v) is 6.72. The van der Waals surface area contributed by atoms with Crippen molar-refractivity contribution in [3.8, 4) is 5.75 Å². The van der Waals surface area contributed by atoms with Gasteiger partial charge in [0.15, 0.2) is 0 Å². The molecule has 0 fully saturated rings. The molecule has 0 aliphatic carbocycles. The van der Waals surface area contributed by atoms with Crippen molar-refractivity contribution in [2.24, 2.45) is 5.73 Å². The molecule has 6 heteroatoms. The number of hydrogen-bond donors (Lipinski definition) is 1. The van der Waals surface area contributed by atoms with Gasteiger partial charge in [0.05, 0.1) is 5.76 Å². The Labute approximate surface area is 156 Å². The first-order chi connectivity index (χ1) is 12.8. The molecule has 0 amide bonds. The number of nitrogens with two attached hydrogens (primary N) is 1. The number of esters is 1. The Kier molecular flexibility index (Phi) is 5.28. The van der Waals surface area contributed by atoms with Crippen molar-refractivity contribution in [1.82, 2.24) is 0 Å². The monoisotopic (exact) mass is 373 g/mol. The Balaban J connectivity index is 2.20. The molecule has 27 heavy (non-hydrogen) atoms. The van der Waals surface area contributed by atoms with E-state index in [1.165, 1.54) is 24.3 Å². The zero-order valence-corrected chi connectivity index (χ0v) is 15.3. The van der Waals surface area contributed by atoms with Gasteiger partial charge in [-0.05, 0) is 50.1 Å². The van der Waals surface area contributed by atoms with Gasteiger partial charge in [-0.25, -0.2) is 8.78 Å². The lowest BCUT2D eigenvalue weighted by molar-refractivity contribution is -0.149. The minimum absolute atomic E-state index is 0.299. The number of fused-ring (bicyclic) bond motifs is 1. The molecule has 1 aliphatic rings. The molecule has 0 bridgehead atoms. The Morgan fingerprint density at radius 3 is 2.52 bits per heavy atom. The van der Waals surface area contributed by atoms with Crippen molar-refractivity contribution in [3.63, 3.8) is 0 Å². The normalized spacial score (nSPS) is 24.9. The van der Waals surface area contributed by atoms with Gasteiger partial charge in [0.2, 0.25) is 0 Å². The number of benzene rings is 2. The number of hydrogen-bond acceptors (Lipinski definition) is 4. The van der Waals surface area contributed by atoms with Crippen LogP contribution in [0.3, 0.4) is 0 Å². The average molecular weight is 373 g/mol. The molecule has 2 aromatic carbocycles. The van der Waals surface area contributed by atoms with Crippen molar-refractivity contribution in [2.45, 2.75) is 38.8 Å². The fourth-order valence-electron chi connectivity index (χ4n) is 3.28. The highest BCUT2D eigenvalue weighted by Gasteiger charge is 2.30. The number of allylic oxidation sites excluding steroid dienone is 1. The smallest absolute Gasteiger partial charge is 0.327 e. The highest BCUT2D eigenvalue weighted by Crippen LogP contribution is 2.38. The van der Waals surface area contributed by atoms with Gasteiger partial charge >= 0.3 is 5.97 Å². The first-order valence-electron chi connectivity index (χ1n) is 8.64. The minimum Gasteiger partial charge on any atom is -0.462 e. The molecular formula is C21H21F2NO3. The summed E-state index contributed by atoms with van der Waals surface area (Å²) in [4.78, 5) is 12.3. The predicted molar refractivity (Wildman–Crippen MR) is 97.3 cm³/mol. The van der Waals surface area contributed by atoms with Gasteiger partial charge in [0.1, 0.15) is 29.5 Å². The van der Waals surface area contributed by atoms with E-state index in [1.54, 1.807) is 39.0 Å². The van der Waals surface area contributed by atoms with Gasteiger partial charge in [-0.2, -0.15) is 0 Å². The molecule has 2 N–H and O–H groups in total. The molecule has 1 heterocycles. The lowest BCUT2D eigenvalue weighted by atomic mass is 9.85. The Bertz CT molecular complexity index is 910. The van der Waals surface area contributed by atoms with Gasteiger partial charge in [-0.1, -0.05) is 18.2 Å². The molecular weight excluding hydrogens is 352 g/mol. The summed E-state index contributed by atoms with van der Waals surface area (Å²) in [6, 6.07) is 7.85. The van der Waals surface area contributed by atoms with E-state index >= 15 is 0 Å². The molecule has 142 valence electrons. The third-order valence-electron chi connectivity index (χ3n) is 4.58. The molecule has 0 saturated carbocycles. The maximum absolute atomic E-state index is 13.9. The number of cyclic esters (lactones) is 1. The average Bonchev–Trinajstić information content (AvgIpc) is 2.59. The molecule has 0 saturated heterocycles. The fourth-order valence-corrected chi connectivity index (χ4v) is 3.28. The van der Waals surface area contributed by atoms with E-state index < -0.39 is 29.9 Å². The van der Waals surface area contributed by atoms with E-state index in [1.807, 2.05) is 0 Å². The zero-order valence-electron chi connectivity index (χ0n) is 15.3. The van der Waals surface area contributed by atoms with E-state index in [4.69, 9.17) is 15.2 Å². The Morgan fingerprint density at radius 2 is 1.81 bits per heavy atom. The van der Waals surface area contributed by atoms with E-state index in [0.29, 0.717) is 22.6 Å². The van der Waals surface area contributed by atoms with Crippen LogP contribution in [-0.4, -0.2) is 18.1 Å². The molecule has 2 aromatic rings. The molecule has 0 radical (unpaired) electrons. The number of halogens is 2. The van der Waals surface area contributed by atoms with Gasteiger partial charge in [0, 0.05) is 17.5 Å². The molecule has 1 aliphatic heterocycles. The van der Waals surface area contributed by atoms with Gasteiger partial charge in [-0.15, -0.1) is 0 Å².